The van der Waals surface area contributed by atoms with Gasteiger partial charge in [-0.1, -0.05) is 0 Å². The van der Waals surface area contributed by atoms with E-state index in [1.807, 2.05) is 0 Å². The second-order valence-electron chi connectivity index (χ2n) is 4.45. The number of nitrogens with zero attached hydrogens (tertiary/aromatic N) is 1. The molecule has 2 N–H and O–H groups in total. The fraction of sp³-hybridized carbons (Fsp3) is 0.500. The smallest absolute Gasteiger partial charge is 0.407 e. The zero-order valence-electron chi connectivity index (χ0n) is 10.6. The Morgan fingerprint density at radius 1 is 1.45 bits per heavy atom. The molecule has 1 unspecified atom stereocenters. The van der Waals surface area contributed by atoms with E-state index in [2.05, 4.69) is 10.1 Å². The van der Waals surface area contributed by atoms with Gasteiger partial charge in [-0.05, 0) is 12.5 Å². The minimum atomic E-state index is -3.76. The van der Waals surface area contributed by atoms with Gasteiger partial charge in [-0.15, -0.1) is 0 Å². The van der Waals surface area contributed by atoms with Crippen LogP contribution in [-0.4, -0.2) is 60.7 Å². The number of fused-ring (bicyclic) bond motifs is 1. The number of hydrogen-bond acceptors (Lipinski definition) is 6. The second kappa shape index (κ2) is 4.47. The van der Waals surface area contributed by atoms with Crippen LogP contribution in [0.5, 0.6) is 0 Å². The third-order valence-corrected chi connectivity index (χ3v) is 5.19. The zero-order chi connectivity index (χ0) is 15.2. The summed E-state index contributed by atoms with van der Waals surface area (Å²) in [5.74, 6) is -2.64. The molecule has 0 aromatic heterocycles. The van der Waals surface area contributed by atoms with E-state index in [0.717, 1.165) is 7.11 Å². The first-order valence-electron chi connectivity index (χ1n) is 5.53. The van der Waals surface area contributed by atoms with Crippen LogP contribution in [0.25, 0.3) is 0 Å². The van der Waals surface area contributed by atoms with Crippen LogP contribution >= 0.6 is 0 Å². The normalized spacial score (nSPS) is 27.5. The maximum absolute atomic E-state index is 12.0. The molecule has 2 aliphatic heterocycles. The van der Waals surface area contributed by atoms with Gasteiger partial charge in [0.1, 0.15) is 11.7 Å². The van der Waals surface area contributed by atoms with Crippen molar-refractivity contribution in [1.82, 2.24) is 10.2 Å². The van der Waals surface area contributed by atoms with Gasteiger partial charge in [0.25, 0.3) is 5.91 Å². The highest BCUT2D eigenvalue weighted by Crippen LogP contribution is 2.36. The summed E-state index contributed by atoms with van der Waals surface area (Å²) in [5, 5.41) is 9.77. The van der Waals surface area contributed by atoms with Gasteiger partial charge in [0, 0.05) is 0 Å². The molecular weight excluding hydrogens is 292 g/mol. The zero-order valence-corrected chi connectivity index (χ0v) is 11.4. The number of carboxylic acids is 1. The molecule has 0 aromatic carbocycles. The van der Waals surface area contributed by atoms with Crippen LogP contribution in [0.2, 0.25) is 0 Å². The molecule has 9 nitrogen and oxygen atoms in total. The van der Waals surface area contributed by atoms with E-state index in [0.29, 0.717) is 4.90 Å². The Bertz CT molecular complexity index is 636. The fourth-order valence-corrected chi connectivity index (χ4v) is 4.38. The molecule has 0 bridgehead atoms. The van der Waals surface area contributed by atoms with Crippen molar-refractivity contribution in [3.63, 3.8) is 0 Å². The molecule has 2 aliphatic rings. The highest BCUT2D eigenvalue weighted by Gasteiger charge is 2.60. The van der Waals surface area contributed by atoms with Gasteiger partial charge >= 0.3 is 12.1 Å². The van der Waals surface area contributed by atoms with Crippen LogP contribution < -0.4 is 5.32 Å². The lowest BCUT2D eigenvalue weighted by molar-refractivity contribution is -0.149. The molecule has 0 aliphatic carbocycles. The van der Waals surface area contributed by atoms with E-state index in [4.69, 9.17) is 5.11 Å². The number of amides is 2. The summed E-state index contributed by atoms with van der Waals surface area (Å²) in [4.78, 5) is 34.8. The Labute approximate surface area is 114 Å². The lowest BCUT2D eigenvalue weighted by atomic mass is 10.0. The lowest BCUT2D eigenvalue weighted by Gasteiger charge is -2.48. The highest BCUT2D eigenvalue weighted by molar-refractivity contribution is 7.92. The van der Waals surface area contributed by atoms with E-state index < -0.39 is 45.0 Å². The highest BCUT2D eigenvalue weighted by atomic mass is 32.2. The number of hydrogen-bond donors (Lipinski definition) is 2. The number of nitrogens with one attached hydrogen (secondary N) is 1. The van der Waals surface area contributed by atoms with E-state index in [1.54, 1.807) is 0 Å². The average molecular weight is 304 g/mol. The molecule has 0 saturated carbocycles. The summed E-state index contributed by atoms with van der Waals surface area (Å²) in [5.41, 5.74) is -0.267. The third kappa shape index (κ3) is 1.92. The number of alkyl carbamates (subject to hydrolysis) is 1. The van der Waals surface area contributed by atoms with Crippen LogP contribution in [0, 0.1) is 0 Å². The summed E-state index contributed by atoms with van der Waals surface area (Å²) in [7, 11) is -2.69. The fourth-order valence-electron chi connectivity index (χ4n) is 2.34. The van der Waals surface area contributed by atoms with Crippen molar-refractivity contribution in [3.05, 3.63) is 11.3 Å². The first kappa shape index (κ1) is 14.3. The predicted molar refractivity (Wildman–Crippen MR) is 64.1 cm³/mol. The van der Waals surface area contributed by atoms with E-state index in [9.17, 15) is 22.8 Å². The van der Waals surface area contributed by atoms with E-state index in [-0.39, 0.29) is 11.3 Å². The minimum absolute atomic E-state index is 0.0821. The van der Waals surface area contributed by atoms with Crippen molar-refractivity contribution in [2.45, 2.75) is 18.3 Å². The van der Waals surface area contributed by atoms with Gasteiger partial charge < -0.3 is 15.2 Å². The Morgan fingerprint density at radius 3 is 2.55 bits per heavy atom. The summed E-state index contributed by atoms with van der Waals surface area (Å²) in [6.45, 7) is 1.34. The Kier molecular flexibility index (Phi) is 3.20. The van der Waals surface area contributed by atoms with Crippen molar-refractivity contribution in [2.24, 2.45) is 0 Å². The summed E-state index contributed by atoms with van der Waals surface area (Å²) >= 11 is 0. The molecule has 2 atom stereocenters. The number of methoxy groups -OCH3 is 1. The molecule has 0 aromatic rings. The Balaban J connectivity index is 2.41. The largest absolute Gasteiger partial charge is 0.477 e. The maximum Gasteiger partial charge on any atom is 0.407 e. The molecule has 1 fully saturated rings. The van der Waals surface area contributed by atoms with Crippen molar-refractivity contribution < 1.29 is 32.6 Å². The maximum atomic E-state index is 12.0. The summed E-state index contributed by atoms with van der Waals surface area (Å²) < 4.78 is 28.4. The van der Waals surface area contributed by atoms with Gasteiger partial charge in [-0.25, -0.2) is 18.0 Å². The van der Waals surface area contributed by atoms with Crippen molar-refractivity contribution in [2.75, 3.05) is 12.9 Å². The molecule has 1 saturated heterocycles. The van der Waals surface area contributed by atoms with Gasteiger partial charge in [-0.3, -0.25) is 9.69 Å². The van der Waals surface area contributed by atoms with Crippen LogP contribution in [0.15, 0.2) is 11.3 Å². The Morgan fingerprint density at radius 2 is 2.05 bits per heavy atom. The van der Waals surface area contributed by atoms with Crippen molar-refractivity contribution in [3.8, 4) is 0 Å². The first-order chi connectivity index (χ1) is 9.20. The Hall–Kier alpha value is -2.10. The second-order valence-corrected chi connectivity index (χ2v) is 6.55. The molecule has 0 radical (unpaired) electrons. The predicted octanol–water partition coefficient (Wildman–Crippen LogP) is -1.33. The van der Waals surface area contributed by atoms with Crippen molar-refractivity contribution >= 4 is 27.8 Å². The number of aliphatic carboxylic acids is 1. The van der Waals surface area contributed by atoms with Crippen LogP contribution in [0.1, 0.15) is 6.92 Å². The van der Waals surface area contributed by atoms with Gasteiger partial charge in [0.15, 0.2) is 15.2 Å². The minimum Gasteiger partial charge on any atom is -0.477 e. The van der Waals surface area contributed by atoms with E-state index >= 15 is 0 Å². The molecule has 2 rings (SSSR count). The van der Waals surface area contributed by atoms with Gasteiger partial charge in [0.2, 0.25) is 0 Å². The molecule has 20 heavy (non-hydrogen) atoms. The number of rotatable bonds is 2. The lowest BCUT2D eigenvalue weighted by Crippen LogP contribution is -2.74. The topological polar surface area (TPSA) is 130 Å². The molecule has 0 spiro atoms. The van der Waals surface area contributed by atoms with Crippen LogP contribution in [0.4, 0.5) is 4.79 Å². The third-order valence-electron chi connectivity index (χ3n) is 3.14. The monoisotopic (exact) mass is 304 g/mol. The number of sulfone groups is 1. The summed E-state index contributed by atoms with van der Waals surface area (Å²) in [6.07, 6.45) is -0.957. The summed E-state index contributed by atoms with van der Waals surface area (Å²) in [6, 6.07) is -1.32. The van der Waals surface area contributed by atoms with E-state index in [1.165, 1.54) is 6.92 Å². The number of carbonyl (C=O) groups is 3. The van der Waals surface area contributed by atoms with Gasteiger partial charge in [-0.2, -0.15) is 0 Å². The number of carboxylic acid groups (broad SMARTS) is 1. The molecule has 2 heterocycles. The molecule has 10 heteroatoms. The SMILES string of the molecule is COC(=O)N[C@H]1C(=O)N2C(C(=O)O)=C(C)CS(=O)(=O)C12. The molecular formula is C10H12N2O7S. The number of carbonyl (C=O) groups excluding carboxylic acids is 2. The number of β-lactam (4-membered cyclic amide) rings is 1. The first-order valence-corrected chi connectivity index (χ1v) is 7.24. The molecule has 110 valence electrons. The quantitative estimate of drug-likeness (QED) is 0.604. The van der Waals surface area contributed by atoms with Crippen LogP contribution in [0.3, 0.4) is 0 Å². The van der Waals surface area contributed by atoms with Gasteiger partial charge in [0.05, 0.1) is 12.9 Å². The number of ether oxygens (including phenoxy) is 1. The standard InChI is InChI=1S/C10H12N2O7S/c1-4-3-20(17,18)8-5(11-10(16)19-2)7(13)12(8)6(4)9(14)15/h5,8H,3H2,1-2H3,(H,11,16)(H,14,15)/t5-,8?/m0/s1. The van der Waals surface area contributed by atoms with Crippen molar-refractivity contribution in [1.29, 1.82) is 0 Å². The molecule has 2 amide bonds. The van der Waals surface area contributed by atoms with Crippen LogP contribution in [-0.2, 0) is 24.2 Å². The average Bonchev–Trinajstić information content (AvgIpc) is 2.33.